The summed E-state index contributed by atoms with van der Waals surface area (Å²) in [5.41, 5.74) is 3.10. The van der Waals surface area contributed by atoms with Gasteiger partial charge in [-0.1, -0.05) is 23.4 Å². The molecule has 0 fully saturated rings. The summed E-state index contributed by atoms with van der Waals surface area (Å²) in [5.74, 6) is 0. The Morgan fingerprint density at radius 1 is 1.11 bits per heavy atom. The number of hydrogen-bond acceptors (Lipinski definition) is 4. The fourth-order valence-corrected chi connectivity index (χ4v) is 1.57. The van der Waals surface area contributed by atoms with Crippen LogP contribution in [0, 0.1) is 11.3 Å². The van der Waals surface area contributed by atoms with Crippen molar-refractivity contribution in [3.63, 3.8) is 0 Å². The van der Waals surface area contributed by atoms with Gasteiger partial charge in [0.05, 0.1) is 17.8 Å². The predicted molar refractivity (Wildman–Crippen MR) is 70.3 cm³/mol. The Labute approximate surface area is 105 Å². The second kappa shape index (κ2) is 5.51. The Balaban J connectivity index is 2.25. The maximum atomic E-state index is 8.72. The van der Waals surface area contributed by atoms with Gasteiger partial charge in [-0.3, -0.25) is 0 Å². The van der Waals surface area contributed by atoms with E-state index in [9.17, 15) is 0 Å². The van der Waals surface area contributed by atoms with Crippen LogP contribution in [0.5, 0.6) is 0 Å². The van der Waals surface area contributed by atoms with E-state index in [4.69, 9.17) is 10.5 Å². The quantitative estimate of drug-likeness (QED) is 0.489. The number of rotatable bonds is 3. The minimum absolute atomic E-state index is 0.616. The molecule has 2 aromatic rings. The number of nitrogens with one attached hydrogen (secondary N) is 1. The largest absolute Gasteiger partial charge is 0.411 e. The van der Waals surface area contributed by atoms with Crippen molar-refractivity contribution in [2.45, 2.75) is 0 Å². The van der Waals surface area contributed by atoms with E-state index in [1.54, 1.807) is 12.1 Å². The van der Waals surface area contributed by atoms with Crippen LogP contribution in [0.15, 0.2) is 53.7 Å². The maximum Gasteiger partial charge on any atom is 0.0991 e. The molecule has 0 spiro atoms. The van der Waals surface area contributed by atoms with E-state index in [1.807, 2.05) is 36.4 Å². The molecule has 4 heteroatoms. The molecule has 0 atom stereocenters. The molecule has 0 aliphatic heterocycles. The molecule has 0 saturated carbocycles. The van der Waals surface area contributed by atoms with Gasteiger partial charge in [-0.25, -0.2) is 0 Å². The van der Waals surface area contributed by atoms with Crippen molar-refractivity contribution < 1.29 is 5.21 Å². The Hall–Kier alpha value is -2.80. The second-order valence-corrected chi connectivity index (χ2v) is 3.65. The first-order chi connectivity index (χ1) is 8.83. The van der Waals surface area contributed by atoms with Gasteiger partial charge in [0.15, 0.2) is 0 Å². The van der Waals surface area contributed by atoms with Crippen molar-refractivity contribution >= 4 is 17.6 Å². The van der Waals surface area contributed by atoms with Crippen LogP contribution in [0.4, 0.5) is 11.4 Å². The van der Waals surface area contributed by atoms with E-state index < -0.39 is 0 Å². The number of anilines is 2. The molecule has 0 aliphatic carbocycles. The van der Waals surface area contributed by atoms with Crippen LogP contribution in [0.2, 0.25) is 0 Å². The number of nitrogens with zero attached hydrogens (tertiary/aromatic N) is 2. The number of benzene rings is 2. The van der Waals surface area contributed by atoms with E-state index in [0.29, 0.717) is 5.56 Å². The minimum atomic E-state index is 0.616. The zero-order valence-corrected chi connectivity index (χ0v) is 9.54. The second-order valence-electron chi connectivity index (χ2n) is 3.65. The van der Waals surface area contributed by atoms with Crippen LogP contribution in [0.25, 0.3) is 0 Å². The summed E-state index contributed by atoms with van der Waals surface area (Å²) in [7, 11) is 0. The third-order valence-corrected chi connectivity index (χ3v) is 2.45. The van der Waals surface area contributed by atoms with Crippen molar-refractivity contribution in [3.05, 3.63) is 59.7 Å². The first kappa shape index (κ1) is 11.7. The van der Waals surface area contributed by atoms with Gasteiger partial charge < -0.3 is 10.5 Å². The van der Waals surface area contributed by atoms with Crippen LogP contribution < -0.4 is 5.32 Å². The third-order valence-electron chi connectivity index (χ3n) is 2.45. The molecule has 0 heterocycles. The van der Waals surface area contributed by atoms with Gasteiger partial charge in [-0.2, -0.15) is 5.26 Å². The van der Waals surface area contributed by atoms with Crippen LogP contribution in [-0.2, 0) is 0 Å². The van der Waals surface area contributed by atoms with Crippen LogP contribution >= 0.6 is 0 Å². The summed E-state index contributed by atoms with van der Waals surface area (Å²) in [6.45, 7) is 0. The normalized spacial score (nSPS) is 10.2. The van der Waals surface area contributed by atoms with Gasteiger partial charge in [-0.15, -0.1) is 0 Å². The molecule has 4 nitrogen and oxygen atoms in total. The third kappa shape index (κ3) is 2.66. The molecule has 88 valence electrons. The van der Waals surface area contributed by atoms with Crippen LogP contribution in [0.3, 0.4) is 0 Å². The summed E-state index contributed by atoms with van der Waals surface area (Å²) in [5, 5.41) is 23.5. The highest BCUT2D eigenvalue weighted by Crippen LogP contribution is 2.19. The highest BCUT2D eigenvalue weighted by Gasteiger charge is 2.00. The molecular weight excluding hydrogens is 226 g/mol. The van der Waals surface area contributed by atoms with Crippen molar-refractivity contribution in [1.82, 2.24) is 0 Å². The topological polar surface area (TPSA) is 68.4 Å². The lowest BCUT2D eigenvalue weighted by Crippen LogP contribution is -1.95. The molecule has 2 aromatic carbocycles. The van der Waals surface area contributed by atoms with Gasteiger partial charge in [0.25, 0.3) is 0 Å². The summed E-state index contributed by atoms with van der Waals surface area (Å²) < 4.78 is 0. The Kier molecular flexibility index (Phi) is 3.57. The first-order valence-corrected chi connectivity index (χ1v) is 5.37. The Bertz CT molecular complexity index is 597. The molecule has 2 rings (SSSR count). The van der Waals surface area contributed by atoms with E-state index >= 15 is 0 Å². The first-order valence-electron chi connectivity index (χ1n) is 5.37. The van der Waals surface area contributed by atoms with E-state index in [2.05, 4.69) is 16.5 Å². The zero-order valence-electron chi connectivity index (χ0n) is 9.54. The van der Waals surface area contributed by atoms with Gasteiger partial charge in [-0.05, 0) is 30.3 Å². The number of para-hydroxylation sites is 1. The lowest BCUT2D eigenvalue weighted by atomic mass is 10.1. The van der Waals surface area contributed by atoms with Crippen molar-refractivity contribution in [2.24, 2.45) is 5.16 Å². The van der Waals surface area contributed by atoms with Crippen molar-refractivity contribution in [1.29, 1.82) is 5.26 Å². The standard InChI is InChI=1S/C14H11N3O/c15-9-11-5-7-13(8-6-11)17-14-4-2-1-3-12(14)10-16-18/h1-8,10,17-18H/b16-10+. The molecule has 0 aliphatic rings. The predicted octanol–water partition coefficient (Wildman–Crippen LogP) is 3.11. The summed E-state index contributed by atoms with van der Waals surface area (Å²) in [6, 6.07) is 16.7. The van der Waals surface area contributed by atoms with Gasteiger partial charge in [0, 0.05) is 16.9 Å². The molecule has 2 N–H and O–H groups in total. The molecule has 0 saturated heterocycles. The fraction of sp³-hybridized carbons (Fsp3) is 0. The Morgan fingerprint density at radius 2 is 1.83 bits per heavy atom. The Morgan fingerprint density at radius 3 is 2.50 bits per heavy atom. The SMILES string of the molecule is N#Cc1ccc(Nc2ccccc2/C=N/O)cc1. The molecule has 0 aromatic heterocycles. The highest BCUT2D eigenvalue weighted by molar-refractivity contribution is 5.88. The molecule has 18 heavy (non-hydrogen) atoms. The number of oxime groups is 1. The van der Waals surface area contributed by atoms with E-state index in [1.165, 1.54) is 6.21 Å². The van der Waals surface area contributed by atoms with E-state index in [-0.39, 0.29) is 0 Å². The molecule has 0 bridgehead atoms. The molecular formula is C14H11N3O. The van der Waals surface area contributed by atoms with Crippen LogP contribution in [-0.4, -0.2) is 11.4 Å². The minimum Gasteiger partial charge on any atom is -0.411 e. The molecule has 0 amide bonds. The van der Waals surface area contributed by atoms with Crippen LogP contribution in [0.1, 0.15) is 11.1 Å². The van der Waals surface area contributed by atoms with E-state index in [0.717, 1.165) is 16.9 Å². The summed E-state index contributed by atoms with van der Waals surface area (Å²) >= 11 is 0. The van der Waals surface area contributed by atoms with Gasteiger partial charge >= 0.3 is 0 Å². The summed E-state index contributed by atoms with van der Waals surface area (Å²) in [6.07, 6.45) is 1.37. The molecule has 0 unspecified atom stereocenters. The average molecular weight is 237 g/mol. The van der Waals surface area contributed by atoms with Gasteiger partial charge in [0.2, 0.25) is 0 Å². The average Bonchev–Trinajstić information content (AvgIpc) is 2.42. The monoisotopic (exact) mass is 237 g/mol. The zero-order chi connectivity index (χ0) is 12.8. The number of nitriles is 1. The van der Waals surface area contributed by atoms with Crippen molar-refractivity contribution in [2.75, 3.05) is 5.32 Å². The van der Waals surface area contributed by atoms with Crippen molar-refractivity contribution in [3.8, 4) is 6.07 Å². The summed E-state index contributed by atoms with van der Waals surface area (Å²) in [4.78, 5) is 0. The number of hydrogen-bond donors (Lipinski definition) is 2. The molecule has 0 radical (unpaired) electrons. The highest BCUT2D eigenvalue weighted by atomic mass is 16.4. The fourth-order valence-electron chi connectivity index (χ4n) is 1.57. The van der Waals surface area contributed by atoms with Gasteiger partial charge in [0.1, 0.15) is 0 Å². The lowest BCUT2D eigenvalue weighted by Gasteiger charge is -2.08. The smallest absolute Gasteiger partial charge is 0.0991 e. The maximum absolute atomic E-state index is 8.72. The lowest BCUT2D eigenvalue weighted by molar-refractivity contribution is 0.322.